The van der Waals surface area contributed by atoms with Crippen molar-refractivity contribution in [1.29, 1.82) is 0 Å². The highest BCUT2D eigenvalue weighted by Gasteiger charge is 2.34. The lowest BCUT2D eigenvalue weighted by Gasteiger charge is -2.42. The van der Waals surface area contributed by atoms with Crippen LogP contribution >= 0.6 is 0 Å². The smallest absolute Gasteiger partial charge is 0.220 e. The summed E-state index contributed by atoms with van der Waals surface area (Å²) < 4.78 is 0. The van der Waals surface area contributed by atoms with Crippen LogP contribution in [0.5, 0.6) is 0 Å². The minimum atomic E-state index is -0.0402. The standard InChI is InChI=1S/C26H26N2O/c1-18-14-15-24(28(20(3)29)26(18)22-12-8-5-9-13-22)23-16-19(2)25(27-17-23)21-10-6-4-7-11-21/h4-14,16-17,24,26H,15H2,1-3H3/t24-,26-/m0/s1. The lowest BCUT2D eigenvalue weighted by molar-refractivity contribution is -0.133. The summed E-state index contributed by atoms with van der Waals surface area (Å²) in [7, 11) is 0. The highest BCUT2D eigenvalue weighted by atomic mass is 16.2. The highest BCUT2D eigenvalue weighted by molar-refractivity contribution is 5.75. The van der Waals surface area contributed by atoms with Crippen molar-refractivity contribution in [3.05, 3.63) is 101 Å². The zero-order valence-corrected chi connectivity index (χ0v) is 17.2. The molecule has 0 unspecified atom stereocenters. The molecule has 2 heterocycles. The molecule has 0 aliphatic carbocycles. The normalized spacial score (nSPS) is 19.0. The molecule has 146 valence electrons. The van der Waals surface area contributed by atoms with Gasteiger partial charge in [-0.05, 0) is 37.0 Å². The van der Waals surface area contributed by atoms with Gasteiger partial charge in [-0.1, -0.05) is 78.4 Å². The number of rotatable bonds is 3. The summed E-state index contributed by atoms with van der Waals surface area (Å²) in [6.07, 6.45) is 5.01. The van der Waals surface area contributed by atoms with Crippen molar-refractivity contribution in [2.75, 3.05) is 0 Å². The van der Waals surface area contributed by atoms with Crippen LogP contribution in [-0.4, -0.2) is 15.8 Å². The van der Waals surface area contributed by atoms with Crippen LogP contribution in [0.1, 0.15) is 49.0 Å². The van der Waals surface area contributed by atoms with Crippen LogP contribution in [0, 0.1) is 6.92 Å². The molecule has 3 heteroatoms. The second-order valence-electron chi connectivity index (χ2n) is 7.74. The van der Waals surface area contributed by atoms with E-state index >= 15 is 0 Å². The van der Waals surface area contributed by atoms with E-state index in [1.807, 2.05) is 47.5 Å². The Balaban J connectivity index is 1.74. The largest absolute Gasteiger partial charge is 0.325 e. The van der Waals surface area contributed by atoms with Crippen molar-refractivity contribution in [2.24, 2.45) is 0 Å². The molecule has 2 atom stereocenters. The number of nitrogens with zero attached hydrogens (tertiary/aromatic N) is 2. The molecule has 0 fully saturated rings. The number of hydrogen-bond acceptors (Lipinski definition) is 2. The first kappa shape index (κ1) is 19.1. The topological polar surface area (TPSA) is 33.2 Å². The number of aromatic nitrogens is 1. The fourth-order valence-corrected chi connectivity index (χ4v) is 4.36. The van der Waals surface area contributed by atoms with Gasteiger partial charge in [-0.3, -0.25) is 9.78 Å². The minimum Gasteiger partial charge on any atom is -0.325 e. The predicted molar refractivity (Wildman–Crippen MR) is 117 cm³/mol. The van der Waals surface area contributed by atoms with Crippen LogP contribution in [0.3, 0.4) is 0 Å². The average molecular weight is 383 g/mol. The van der Waals surface area contributed by atoms with Gasteiger partial charge in [0.05, 0.1) is 17.8 Å². The Labute approximate surface area is 172 Å². The molecular formula is C26H26N2O. The number of carbonyl (C=O) groups is 1. The summed E-state index contributed by atoms with van der Waals surface area (Å²) in [5.74, 6) is 0.0843. The van der Waals surface area contributed by atoms with E-state index in [4.69, 9.17) is 4.98 Å². The third-order valence-electron chi connectivity index (χ3n) is 5.72. The molecule has 0 radical (unpaired) electrons. The van der Waals surface area contributed by atoms with Crippen LogP contribution in [0.25, 0.3) is 11.3 Å². The summed E-state index contributed by atoms with van der Waals surface area (Å²) in [6, 6.07) is 22.6. The average Bonchev–Trinajstić information content (AvgIpc) is 2.74. The van der Waals surface area contributed by atoms with E-state index in [1.54, 1.807) is 6.92 Å². The van der Waals surface area contributed by atoms with Crippen molar-refractivity contribution >= 4 is 5.91 Å². The Bertz CT molecular complexity index is 1040. The SMILES string of the molecule is CC(=O)N1[C@H](c2cnc(-c3ccccc3)c(C)c2)CC=C(C)[C@H]1c1ccccc1. The number of amides is 1. The van der Waals surface area contributed by atoms with Crippen molar-refractivity contribution in [3.8, 4) is 11.3 Å². The Morgan fingerprint density at radius 1 is 0.966 bits per heavy atom. The lowest BCUT2D eigenvalue weighted by Crippen LogP contribution is -2.39. The molecule has 2 aromatic carbocycles. The van der Waals surface area contributed by atoms with Crippen LogP contribution in [0.4, 0.5) is 0 Å². The highest BCUT2D eigenvalue weighted by Crippen LogP contribution is 2.42. The number of benzene rings is 2. The molecule has 1 amide bonds. The molecule has 0 spiro atoms. The molecule has 0 saturated carbocycles. The van der Waals surface area contributed by atoms with Gasteiger partial charge in [-0.2, -0.15) is 0 Å². The predicted octanol–water partition coefficient (Wildman–Crippen LogP) is 6.04. The van der Waals surface area contributed by atoms with Crippen LogP contribution < -0.4 is 0 Å². The van der Waals surface area contributed by atoms with Gasteiger partial charge < -0.3 is 4.90 Å². The van der Waals surface area contributed by atoms with Gasteiger partial charge in [0, 0.05) is 18.7 Å². The van der Waals surface area contributed by atoms with Gasteiger partial charge in [0.25, 0.3) is 0 Å². The monoisotopic (exact) mass is 382 g/mol. The van der Waals surface area contributed by atoms with Crippen molar-refractivity contribution in [1.82, 2.24) is 9.88 Å². The molecule has 1 aliphatic rings. The fraction of sp³-hybridized carbons (Fsp3) is 0.231. The third-order valence-corrected chi connectivity index (χ3v) is 5.72. The third kappa shape index (κ3) is 3.73. The first-order valence-corrected chi connectivity index (χ1v) is 10.1. The van der Waals surface area contributed by atoms with Crippen LogP contribution in [0.15, 0.2) is 84.6 Å². The summed E-state index contributed by atoms with van der Waals surface area (Å²) in [5.41, 5.74) is 6.68. The van der Waals surface area contributed by atoms with E-state index in [0.29, 0.717) is 0 Å². The van der Waals surface area contributed by atoms with E-state index in [-0.39, 0.29) is 18.0 Å². The summed E-state index contributed by atoms with van der Waals surface area (Å²) in [5, 5.41) is 0. The van der Waals surface area contributed by atoms with Crippen molar-refractivity contribution < 1.29 is 4.79 Å². The molecule has 0 bridgehead atoms. The maximum Gasteiger partial charge on any atom is 0.220 e. The maximum atomic E-state index is 12.8. The number of aryl methyl sites for hydroxylation is 1. The van der Waals surface area contributed by atoms with Crippen molar-refractivity contribution in [3.63, 3.8) is 0 Å². The minimum absolute atomic E-state index is 0.0163. The molecule has 3 aromatic rings. The number of pyridine rings is 1. The van der Waals surface area contributed by atoms with E-state index in [0.717, 1.165) is 34.4 Å². The Kier molecular flexibility index (Phi) is 5.30. The number of hydrogen-bond donors (Lipinski definition) is 0. The fourth-order valence-electron chi connectivity index (χ4n) is 4.36. The zero-order valence-electron chi connectivity index (χ0n) is 17.2. The van der Waals surface area contributed by atoms with Crippen LogP contribution in [0.2, 0.25) is 0 Å². The van der Waals surface area contributed by atoms with Crippen LogP contribution in [-0.2, 0) is 4.79 Å². The van der Waals surface area contributed by atoms with Gasteiger partial charge in [-0.15, -0.1) is 0 Å². The van der Waals surface area contributed by atoms with E-state index in [1.165, 1.54) is 5.57 Å². The molecule has 3 nitrogen and oxygen atoms in total. The van der Waals surface area contributed by atoms with Crippen molar-refractivity contribution in [2.45, 2.75) is 39.3 Å². The van der Waals surface area contributed by atoms with E-state index < -0.39 is 0 Å². The molecular weight excluding hydrogens is 356 g/mol. The first-order chi connectivity index (χ1) is 14.1. The van der Waals surface area contributed by atoms with E-state index in [9.17, 15) is 4.79 Å². The van der Waals surface area contributed by atoms with Gasteiger partial charge >= 0.3 is 0 Å². The Morgan fingerprint density at radius 2 is 1.62 bits per heavy atom. The maximum absolute atomic E-state index is 12.8. The summed E-state index contributed by atoms with van der Waals surface area (Å²) >= 11 is 0. The molecule has 0 N–H and O–H groups in total. The molecule has 1 aliphatic heterocycles. The number of carbonyl (C=O) groups excluding carboxylic acids is 1. The van der Waals surface area contributed by atoms with Gasteiger partial charge in [0.1, 0.15) is 0 Å². The molecule has 29 heavy (non-hydrogen) atoms. The van der Waals surface area contributed by atoms with Gasteiger partial charge in [-0.25, -0.2) is 0 Å². The Morgan fingerprint density at radius 3 is 2.24 bits per heavy atom. The second-order valence-corrected chi connectivity index (χ2v) is 7.74. The summed E-state index contributed by atoms with van der Waals surface area (Å²) in [6.45, 7) is 5.88. The molecule has 4 rings (SSSR count). The van der Waals surface area contributed by atoms with Gasteiger partial charge in [0.15, 0.2) is 0 Å². The molecule has 0 saturated heterocycles. The molecule has 1 aromatic heterocycles. The zero-order chi connectivity index (χ0) is 20.4. The first-order valence-electron chi connectivity index (χ1n) is 10.1. The van der Waals surface area contributed by atoms with E-state index in [2.05, 4.69) is 50.3 Å². The second kappa shape index (κ2) is 8.04. The van der Waals surface area contributed by atoms with Gasteiger partial charge in [0.2, 0.25) is 5.91 Å². The summed E-state index contributed by atoms with van der Waals surface area (Å²) in [4.78, 5) is 19.6. The quantitative estimate of drug-likeness (QED) is 0.518. The Hall–Kier alpha value is -3.20. The lowest BCUT2D eigenvalue weighted by atomic mass is 9.87.